The van der Waals surface area contributed by atoms with Crippen LogP contribution in [-0.2, 0) is 17.7 Å². The maximum absolute atomic E-state index is 5.64. The minimum absolute atomic E-state index is 0.314. The number of ether oxygens (including phenoxy) is 1. The highest BCUT2D eigenvalue weighted by atomic mass is 32.1. The summed E-state index contributed by atoms with van der Waals surface area (Å²) in [5, 5.41) is 8.19. The van der Waals surface area contributed by atoms with Crippen LogP contribution in [0.2, 0.25) is 0 Å². The second-order valence-electron chi connectivity index (χ2n) is 4.45. The van der Waals surface area contributed by atoms with Gasteiger partial charge in [0.05, 0.1) is 12.3 Å². The van der Waals surface area contributed by atoms with Crippen LogP contribution in [0.5, 0.6) is 0 Å². The fourth-order valence-corrected chi connectivity index (χ4v) is 2.02. The van der Waals surface area contributed by atoms with Gasteiger partial charge in [0.25, 0.3) is 0 Å². The summed E-state index contributed by atoms with van der Waals surface area (Å²) in [4.78, 5) is 0.314. The molecule has 1 aliphatic carbocycles. The van der Waals surface area contributed by atoms with Crippen molar-refractivity contribution in [3.8, 4) is 0 Å². The third kappa shape index (κ3) is 3.23. The summed E-state index contributed by atoms with van der Waals surface area (Å²) in [6.07, 6.45) is 4.62. The van der Waals surface area contributed by atoms with Crippen molar-refractivity contribution in [3.05, 3.63) is 11.4 Å². The van der Waals surface area contributed by atoms with Crippen LogP contribution in [0.25, 0.3) is 0 Å². The second kappa shape index (κ2) is 5.55. The van der Waals surface area contributed by atoms with E-state index in [1.807, 2.05) is 4.68 Å². The fourth-order valence-electron chi connectivity index (χ4n) is 1.86. The summed E-state index contributed by atoms with van der Waals surface area (Å²) >= 11 is 4.98. The van der Waals surface area contributed by atoms with Gasteiger partial charge in [-0.3, -0.25) is 0 Å². The van der Waals surface area contributed by atoms with Crippen LogP contribution in [0.15, 0.2) is 0 Å². The van der Waals surface area contributed by atoms with Crippen LogP contribution in [0.3, 0.4) is 0 Å². The van der Waals surface area contributed by atoms with Crippen molar-refractivity contribution in [2.24, 2.45) is 11.7 Å². The quantitative estimate of drug-likeness (QED) is 0.732. The fraction of sp³-hybridized carbons (Fsp3) is 0.727. The van der Waals surface area contributed by atoms with E-state index in [9.17, 15) is 0 Å². The van der Waals surface area contributed by atoms with Gasteiger partial charge in [0.15, 0.2) is 0 Å². The molecule has 6 heteroatoms. The summed E-state index contributed by atoms with van der Waals surface area (Å²) < 4.78 is 7.01. The van der Waals surface area contributed by atoms with Crippen molar-refractivity contribution in [1.82, 2.24) is 15.0 Å². The molecule has 2 rings (SSSR count). The molecule has 1 heterocycles. The molecule has 17 heavy (non-hydrogen) atoms. The molecule has 0 aromatic carbocycles. The maximum atomic E-state index is 5.64. The van der Waals surface area contributed by atoms with E-state index < -0.39 is 0 Å². The molecule has 0 bridgehead atoms. The average molecular weight is 254 g/mol. The Morgan fingerprint density at radius 1 is 1.59 bits per heavy atom. The third-order valence-electron chi connectivity index (χ3n) is 3.06. The van der Waals surface area contributed by atoms with Crippen LogP contribution in [-0.4, -0.2) is 33.7 Å². The van der Waals surface area contributed by atoms with Crippen LogP contribution in [0, 0.1) is 5.92 Å². The van der Waals surface area contributed by atoms with Gasteiger partial charge in [-0.25, -0.2) is 4.68 Å². The van der Waals surface area contributed by atoms with Crippen LogP contribution in [0.4, 0.5) is 0 Å². The zero-order chi connectivity index (χ0) is 12.3. The smallest absolute Gasteiger partial charge is 0.143 e. The molecule has 1 saturated carbocycles. The Morgan fingerprint density at radius 2 is 2.35 bits per heavy atom. The second-order valence-corrected chi connectivity index (χ2v) is 4.89. The highest BCUT2D eigenvalue weighted by Gasteiger charge is 2.22. The molecule has 0 unspecified atom stereocenters. The number of hydrogen-bond donors (Lipinski definition) is 1. The van der Waals surface area contributed by atoms with Gasteiger partial charge in [0.1, 0.15) is 10.7 Å². The van der Waals surface area contributed by atoms with Crippen molar-refractivity contribution in [1.29, 1.82) is 0 Å². The van der Waals surface area contributed by atoms with E-state index in [2.05, 4.69) is 10.3 Å². The predicted octanol–water partition coefficient (Wildman–Crippen LogP) is 0.901. The summed E-state index contributed by atoms with van der Waals surface area (Å²) in [6.45, 7) is 1.53. The van der Waals surface area contributed by atoms with E-state index >= 15 is 0 Å². The van der Waals surface area contributed by atoms with Gasteiger partial charge in [-0.15, -0.1) is 5.10 Å². The highest BCUT2D eigenvalue weighted by molar-refractivity contribution is 7.80. The monoisotopic (exact) mass is 254 g/mol. The van der Waals surface area contributed by atoms with Crippen LogP contribution in [0.1, 0.15) is 30.7 Å². The molecule has 1 aromatic rings. The average Bonchev–Trinajstić information content (AvgIpc) is 3.04. The van der Waals surface area contributed by atoms with E-state index in [0.717, 1.165) is 24.6 Å². The van der Waals surface area contributed by atoms with Gasteiger partial charge in [-0.05, 0) is 12.3 Å². The molecule has 0 radical (unpaired) electrons. The molecular formula is C11H18N4OS. The zero-order valence-electron chi connectivity index (χ0n) is 10.1. The Balaban J connectivity index is 2.08. The van der Waals surface area contributed by atoms with Crippen LogP contribution >= 0.6 is 12.2 Å². The molecule has 1 fully saturated rings. The lowest BCUT2D eigenvalue weighted by molar-refractivity contribution is 0.200. The van der Waals surface area contributed by atoms with Gasteiger partial charge in [0, 0.05) is 20.1 Å². The van der Waals surface area contributed by atoms with Gasteiger partial charge in [0.2, 0.25) is 0 Å². The molecule has 5 nitrogen and oxygen atoms in total. The first-order valence-electron chi connectivity index (χ1n) is 5.93. The van der Waals surface area contributed by atoms with E-state index in [-0.39, 0.29) is 0 Å². The van der Waals surface area contributed by atoms with Gasteiger partial charge in [-0.2, -0.15) is 0 Å². The number of nitrogens with two attached hydrogens (primary N) is 1. The number of thiocarbonyl (C=S) groups is 1. The lowest BCUT2D eigenvalue weighted by Gasteiger charge is -2.06. The number of nitrogens with zero attached hydrogens (tertiary/aromatic N) is 3. The first-order valence-corrected chi connectivity index (χ1v) is 6.34. The number of aryl methyl sites for hydroxylation is 1. The lowest BCUT2D eigenvalue weighted by Crippen LogP contribution is -2.15. The molecule has 0 aliphatic heterocycles. The van der Waals surface area contributed by atoms with Crippen molar-refractivity contribution >= 4 is 17.2 Å². The van der Waals surface area contributed by atoms with Gasteiger partial charge in [-0.1, -0.05) is 30.3 Å². The van der Waals surface area contributed by atoms with E-state index in [0.29, 0.717) is 17.3 Å². The largest absolute Gasteiger partial charge is 0.388 e. The first kappa shape index (κ1) is 12.4. The summed E-state index contributed by atoms with van der Waals surface area (Å²) in [5.41, 5.74) is 7.29. The molecule has 2 N–H and O–H groups in total. The van der Waals surface area contributed by atoms with E-state index in [1.54, 1.807) is 7.11 Å². The number of methoxy groups -OCH3 is 1. The standard InChI is InChI=1S/C11H18N4OS/c1-16-7-5-9-10(11(12)17)13-14-15(9)6-4-8-2-3-8/h8H,2-7H2,1H3,(H2,12,17). The molecule has 94 valence electrons. The minimum atomic E-state index is 0.314. The Morgan fingerprint density at radius 3 is 2.94 bits per heavy atom. The number of aromatic nitrogens is 3. The summed E-state index contributed by atoms with van der Waals surface area (Å²) in [7, 11) is 1.68. The molecule has 0 amide bonds. The third-order valence-corrected chi connectivity index (χ3v) is 3.25. The predicted molar refractivity (Wildman–Crippen MR) is 68.8 cm³/mol. The zero-order valence-corrected chi connectivity index (χ0v) is 10.9. The molecular weight excluding hydrogens is 236 g/mol. The van der Waals surface area contributed by atoms with Crippen molar-refractivity contribution in [2.45, 2.75) is 32.2 Å². The first-order chi connectivity index (χ1) is 8.22. The minimum Gasteiger partial charge on any atom is -0.388 e. The highest BCUT2D eigenvalue weighted by Crippen LogP contribution is 2.32. The molecule has 0 saturated heterocycles. The number of rotatable bonds is 7. The van der Waals surface area contributed by atoms with E-state index in [4.69, 9.17) is 22.7 Å². The van der Waals surface area contributed by atoms with E-state index in [1.165, 1.54) is 19.3 Å². The molecule has 1 aliphatic rings. The summed E-state index contributed by atoms with van der Waals surface area (Å²) in [5.74, 6) is 0.878. The molecule has 1 aromatic heterocycles. The van der Waals surface area contributed by atoms with Crippen molar-refractivity contribution < 1.29 is 4.74 Å². The Hall–Kier alpha value is -1.01. The van der Waals surface area contributed by atoms with Crippen LogP contribution < -0.4 is 5.73 Å². The molecule has 0 atom stereocenters. The van der Waals surface area contributed by atoms with Gasteiger partial charge >= 0.3 is 0 Å². The SMILES string of the molecule is COCCc1c(C(N)=S)nnn1CCC1CC1. The number of hydrogen-bond acceptors (Lipinski definition) is 4. The summed E-state index contributed by atoms with van der Waals surface area (Å²) in [6, 6.07) is 0. The molecule has 0 spiro atoms. The Bertz CT molecular complexity index is 400. The topological polar surface area (TPSA) is 66.0 Å². The normalized spacial score (nSPS) is 15.1. The van der Waals surface area contributed by atoms with Crippen molar-refractivity contribution in [3.63, 3.8) is 0 Å². The van der Waals surface area contributed by atoms with Crippen molar-refractivity contribution in [2.75, 3.05) is 13.7 Å². The van der Waals surface area contributed by atoms with Gasteiger partial charge < -0.3 is 10.5 Å². The lowest BCUT2D eigenvalue weighted by atomic mass is 10.2. The Labute approximate surface area is 106 Å². The Kier molecular flexibility index (Phi) is 4.06. The maximum Gasteiger partial charge on any atom is 0.143 e.